The third-order valence-corrected chi connectivity index (χ3v) is 0.890. The van der Waals surface area contributed by atoms with Gasteiger partial charge in [-0.25, -0.2) is 0 Å². The first-order valence-corrected chi connectivity index (χ1v) is 2.33. The van der Waals surface area contributed by atoms with Crippen molar-refractivity contribution >= 4 is 0 Å². The number of hydrogen-bond acceptors (Lipinski definition) is 0. The zero-order valence-corrected chi connectivity index (χ0v) is 4.58. The van der Waals surface area contributed by atoms with Crippen molar-refractivity contribution in [3.63, 3.8) is 0 Å². The van der Waals surface area contributed by atoms with Crippen LogP contribution >= 0.6 is 0 Å². The van der Waals surface area contributed by atoms with Gasteiger partial charge in [-0.2, -0.15) is 0 Å². The second kappa shape index (κ2) is 1.41. The van der Waals surface area contributed by atoms with Crippen LogP contribution in [0.5, 0.6) is 0 Å². The maximum absolute atomic E-state index is 2.94. The van der Waals surface area contributed by atoms with Gasteiger partial charge in [0.25, 0.3) is 0 Å². The van der Waals surface area contributed by atoms with Crippen LogP contribution in [-0.4, -0.2) is 4.98 Å². The molecule has 0 spiro atoms. The minimum atomic E-state index is 1.18. The summed E-state index contributed by atoms with van der Waals surface area (Å²) in [6.07, 6.45) is 2.94. The number of aromatic nitrogens is 1. The van der Waals surface area contributed by atoms with Gasteiger partial charge in [0, 0.05) is 5.69 Å². The van der Waals surface area contributed by atoms with Crippen LogP contribution in [-0.2, 0) is 0 Å². The van der Waals surface area contributed by atoms with Gasteiger partial charge in [0.2, 0.25) is 0 Å². The standard InChI is InChI=1S/C6H8N/c1-5-3-6(2)7-4-5/h3,7H,1-2H3. The van der Waals surface area contributed by atoms with Gasteiger partial charge < -0.3 is 4.98 Å². The van der Waals surface area contributed by atoms with E-state index in [1.165, 1.54) is 11.3 Å². The largest absolute Gasteiger partial charge is 0.357 e. The van der Waals surface area contributed by atoms with Gasteiger partial charge in [-0.05, 0) is 25.5 Å². The van der Waals surface area contributed by atoms with E-state index in [1.807, 2.05) is 13.8 Å². The minimum absolute atomic E-state index is 1.18. The summed E-state index contributed by atoms with van der Waals surface area (Å²) in [4.78, 5) is 2.94. The van der Waals surface area contributed by atoms with Crippen molar-refractivity contribution in [2.24, 2.45) is 0 Å². The number of rotatable bonds is 0. The van der Waals surface area contributed by atoms with Crippen molar-refractivity contribution in [1.82, 2.24) is 4.98 Å². The molecule has 0 saturated carbocycles. The molecule has 0 unspecified atom stereocenters. The van der Waals surface area contributed by atoms with Crippen LogP contribution in [0.15, 0.2) is 6.07 Å². The van der Waals surface area contributed by atoms with Crippen LogP contribution in [0, 0.1) is 20.0 Å². The smallest absolute Gasteiger partial charge is 0.0654 e. The first kappa shape index (κ1) is 4.44. The second-order valence-corrected chi connectivity index (χ2v) is 1.76. The molecule has 1 rings (SSSR count). The Morgan fingerprint density at radius 1 is 1.57 bits per heavy atom. The van der Waals surface area contributed by atoms with Gasteiger partial charge in [-0.1, -0.05) is 0 Å². The highest BCUT2D eigenvalue weighted by atomic mass is 14.7. The Morgan fingerprint density at radius 3 is 2.43 bits per heavy atom. The van der Waals surface area contributed by atoms with E-state index in [9.17, 15) is 0 Å². The fourth-order valence-electron chi connectivity index (χ4n) is 0.594. The van der Waals surface area contributed by atoms with Crippen LogP contribution in [0.1, 0.15) is 11.3 Å². The molecule has 1 nitrogen and oxygen atoms in total. The lowest BCUT2D eigenvalue weighted by Gasteiger charge is -1.71. The summed E-state index contributed by atoms with van der Waals surface area (Å²) in [5.74, 6) is 0. The van der Waals surface area contributed by atoms with Gasteiger partial charge >= 0.3 is 0 Å². The number of H-pyrrole nitrogens is 1. The first-order valence-electron chi connectivity index (χ1n) is 2.33. The van der Waals surface area contributed by atoms with E-state index in [2.05, 4.69) is 17.2 Å². The Labute approximate surface area is 43.4 Å². The van der Waals surface area contributed by atoms with Gasteiger partial charge in [0.1, 0.15) is 0 Å². The third-order valence-electron chi connectivity index (χ3n) is 0.890. The molecular weight excluding hydrogens is 86.1 g/mol. The lowest BCUT2D eigenvalue weighted by atomic mass is 10.4. The number of nitrogens with one attached hydrogen (secondary N) is 1. The zero-order chi connectivity index (χ0) is 5.28. The van der Waals surface area contributed by atoms with Crippen molar-refractivity contribution < 1.29 is 0 Å². The Balaban J connectivity index is 3.04. The molecule has 0 amide bonds. The second-order valence-electron chi connectivity index (χ2n) is 1.76. The molecule has 1 heterocycles. The normalized spacial score (nSPS) is 9.43. The molecular formula is C6H8N. The maximum atomic E-state index is 2.94. The maximum Gasteiger partial charge on any atom is 0.0654 e. The summed E-state index contributed by atoms with van der Waals surface area (Å²) in [5.41, 5.74) is 2.36. The Bertz CT molecular complexity index is 136. The Hall–Kier alpha value is -0.720. The van der Waals surface area contributed by atoms with Crippen LogP contribution in [0.25, 0.3) is 0 Å². The van der Waals surface area contributed by atoms with Crippen molar-refractivity contribution in [1.29, 1.82) is 0 Å². The van der Waals surface area contributed by atoms with Crippen LogP contribution < -0.4 is 0 Å². The summed E-state index contributed by atoms with van der Waals surface area (Å²) in [7, 11) is 0. The molecule has 0 atom stereocenters. The van der Waals surface area contributed by atoms with E-state index in [0.717, 1.165) is 0 Å². The first-order chi connectivity index (χ1) is 3.29. The van der Waals surface area contributed by atoms with Crippen molar-refractivity contribution in [3.05, 3.63) is 23.5 Å². The van der Waals surface area contributed by atoms with Crippen molar-refractivity contribution in [2.45, 2.75) is 13.8 Å². The quantitative estimate of drug-likeness (QED) is 0.500. The van der Waals surface area contributed by atoms with E-state index in [1.54, 1.807) is 0 Å². The Kier molecular flexibility index (Phi) is 0.895. The number of aryl methyl sites for hydroxylation is 2. The summed E-state index contributed by atoms with van der Waals surface area (Å²) in [6, 6.07) is 2.06. The SMILES string of the molecule is Cc1[c][nH]c(C)c1. The van der Waals surface area contributed by atoms with Gasteiger partial charge in [0.05, 0.1) is 6.20 Å². The van der Waals surface area contributed by atoms with E-state index < -0.39 is 0 Å². The molecule has 1 radical (unpaired) electrons. The average molecular weight is 94.1 g/mol. The molecule has 7 heavy (non-hydrogen) atoms. The van der Waals surface area contributed by atoms with Gasteiger partial charge in [-0.15, -0.1) is 0 Å². The van der Waals surface area contributed by atoms with Gasteiger partial charge in [0.15, 0.2) is 0 Å². The Morgan fingerprint density at radius 2 is 2.29 bits per heavy atom. The fourth-order valence-corrected chi connectivity index (χ4v) is 0.594. The highest BCUT2D eigenvalue weighted by Gasteiger charge is 1.83. The van der Waals surface area contributed by atoms with E-state index in [-0.39, 0.29) is 0 Å². The zero-order valence-electron chi connectivity index (χ0n) is 4.58. The van der Waals surface area contributed by atoms with E-state index >= 15 is 0 Å². The summed E-state index contributed by atoms with van der Waals surface area (Å²) in [6.45, 7) is 4.03. The summed E-state index contributed by atoms with van der Waals surface area (Å²) >= 11 is 0. The minimum Gasteiger partial charge on any atom is -0.357 e. The molecule has 1 N–H and O–H groups in total. The third kappa shape index (κ3) is 0.829. The molecule has 0 aromatic carbocycles. The highest BCUT2D eigenvalue weighted by molar-refractivity contribution is 5.11. The highest BCUT2D eigenvalue weighted by Crippen LogP contribution is 1.96. The molecule has 0 aliphatic carbocycles. The van der Waals surface area contributed by atoms with Crippen LogP contribution in [0.4, 0.5) is 0 Å². The number of aromatic amines is 1. The molecule has 1 aromatic rings. The van der Waals surface area contributed by atoms with Crippen molar-refractivity contribution in [2.75, 3.05) is 0 Å². The molecule has 1 heteroatoms. The fraction of sp³-hybridized carbons (Fsp3) is 0.333. The van der Waals surface area contributed by atoms with Crippen molar-refractivity contribution in [3.8, 4) is 0 Å². The van der Waals surface area contributed by atoms with E-state index in [4.69, 9.17) is 0 Å². The molecule has 1 aromatic heterocycles. The molecule has 0 saturated heterocycles. The molecule has 0 fully saturated rings. The summed E-state index contributed by atoms with van der Waals surface area (Å²) in [5, 5.41) is 0. The molecule has 0 aliphatic rings. The lowest BCUT2D eigenvalue weighted by Crippen LogP contribution is -1.60. The monoisotopic (exact) mass is 94.1 g/mol. The number of hydrogen-bond donors (Lipinski definition) is 1. The van der Waals surface area contributed by atoms with Gasteiger partial charge in [-0.3, -0.25) is 0 Å². The topological polar surface area (TPSA) is 15.8 Å². The van der Waals surface area contributed by atoms with Crippen LogP contribution in [0.2, 0.25) is 0 Å². The summed E-state index contributed by atoms with van der Waals surface area (Å²) < 4.78 is 0. The molecule has 0 bridgehead atoms. The van der Waals surface area contributed by atoms with Crippen LogP contribution in [0.3, 0.4) is 0 Å². The predicted molar refractivity (Wildman–Crippen MR) is 29.1 cm³/mol. The predicted octanol–water partition coefficient (Wildman–Crippen LogP) is 1.43. The molecule has 37 valence electrons. The molecule has 0 aliphatic heterocycles. The average Bonchev–Trinajstić information content (AvgIpc) is 1.87. The van der Waals surface area contributed by atoms with E-state index in [0.29, 0.717) is 0 Å². The lowest BCUT2D eigenvalue weighted by molar-refractivity contribution is 1.25.